The zero-order valence-corrected chi connectivity index (χ0v) is 10.1. The van der Waals surface area contributed by atoms with E-state index in [1.807, 2.05) is 19.1 Å². The molecule has 0 aliphatic carbocycles. The fourth-order valence-electron chi connectivity index (χ4n) is 1.47. The van der Waals surface area contributed by atoms with Gasteiger partial charge in [0.1, 0.15) is 5.75 Å². The van der Waals surface area contributed by atoms with Crippen LogP contribution in [0.25, 0.3) is 11.3 Å². The maximum atomic E-state index is 6.10. The lowest BCUT2D eigenvalue weighted by Gasteiger charge is -2.07. The molecule has 0 saturated heterocycles. The second kappa shape index (κ2) is 5.01. The minimum Gasteiger partial charge on any atom is -0.492 e. The molecule has 4 nitrogen and oxygen atoms in total. The van der Waals surface area contributed by atoms with Gasteiger partial charge >= 0.3 is 0 Å². The summed E-state index contributed by atoms with van der Waals surface area (Å²) in [6.07, 6.45) is 1.61. The first-order valence-electron chi connectivity index (χ1n) is 5.22. The number of hydrogen-bond donors (Lipinski definition) is 1. The van der Waals surface area contributed by atoms with Gasteiger partial charge in [-0.25, -0.2) is 9.97 Å². The Balaban J connectivity index is 2.37. The van der Waals surface area contributed by atoms with E-state index in [1.54, 1.807) is 18.3 Å². The fourth-order valence-corrected chi connectivity index (χ4v) is 1.70. The zero-order chi connectivity index (χ0) is 12.3. The van der Waals surface area contributed by atoms with Crippen molar-refractivity contribution in [2.45, 2.75) is 6.92 Å². The first-order valence-corrected chi connectivity index (χ1v) is 5.59. The van der Waals surface area contributed by atoms with E-state index in [0.29, 0.717) is 17.4 Å². The molecule has 0 fully saturated rings. The molecule has 88 valence electrons. The third-order valence-corrected chi connectivity index (χ3v) is 2.50. The largest absolute Gasteiger partial charge is 0.492 e. The smallest absolute Gasteiger partial charge is 0.220 e. The van der Waals surface area contributed by atoms with Gasteiger partial charge < -0.3 is 10.5 Å². The van der Waals surface area contributed by atoms with E-state index in [9.17, 15) is 0 Å². The third kappa shape index (κ3) is 2.65. The first kappa shape index (κ1) is 11.7. The summed E-state index contributed by atoms with van der Waals surface area (Å²) in [5.74, 6) is 0.910. The second-order valence-electron chi connectivity index (χ2n) is 3.38. The third-order valence-electron chi connectivity index (χ3n) is 2.20. The van der Waals surface area contributed by atoms with Crippen molar-refractivity contribution in [1.29, 1.82) is 0 Å². The Hall–Kier alpha value is -1.81. The number of anilines is 1. The minimum atomic E-state index is 0.243. The highest BCUT2D eigenvalue weighted by Gasteiger charge is 2.05. The van der Waals surface area contributed by atoms with Crippen LogP contribution < -0.4 is 10.5 Å². The fraction of sp³-hybridized carbons (Fsp3) is 0.167. The molecule has 0 bridgehead atoms. The lowest BCUT2D eigenvalue weighted by molar-refractivity contribution is 0.340. The molecule has 2 N–H and O–H groups in total. The van der Waals surface area contributed by atoms with E-state index in [2.05, 4.69) is 9.97 Å². The molecule has 1 aromatic heterocycles. The topological polar surface area (TPSA) is 61.0 Å². The molecule has 0 aliphatic rings. The quantitative estimate of drug-likeness (QED) is 0.909. The molecule has 2 rings (SSSR count). The SMILES string of the molecule is CCOc1ccc(-c2ccnc(N)n2)cc1Cl. The van der Waals surface area contributed by atoms with Gasteiger partial charge in [0.15, 0.2) is 0 Å². The van der Waals surface area contributed by atoms with E-state index in [0.717, 1.165) is 11.3 Å². The second-order valence-corrected chi connectivity index (χ2v) is 3.79. The summed E-state index contributed by atoms with van der Waals surface area (Å²) in [5, 5.41) is 0.557. The predicted octanol–water partition coefficient (Wildman–Crippen LogP) is 2.78. The summed E-state index contributed by atoms with van der Waals surface area (Å²) in [5.41, 5.74) is 7.15. The number of ether oxygens (including phenoxy) is 1. The molecule has 5 heteroatoms. The summed E-state index contributed by atoms with van der Waals surface area (Å²) in [6.45, 7) is 2.49. The van der Waals surface area contributed by atoms with Crippen LogP contribution in [0.1, 0.15) is 6.92 Å². The molecule has 0 spiro atoms. The first-order chi connectivity index (χ1) is 8.20. The summed E-state index contributed by atoms with van der Waals surface area (Å²) in [6, 6.07) is 7.29. The van der Waals surface area contributed by atoms with Crippen LogP contribution in [0, 0.1) is 0 Å². The van der Waals surface area contributed by atoms with Gasteiger partial charge in [0.25, 0.3) is 0 Å². The van der Waals surface area contributed by atoms with Gasteiger partial charge in [-0.2, -0.15) is 0 Å². The Bertz CT molecular complexity index is 531. The normalized spacial score (nSPS) is 10.2. The highest BCUT2D eigenvalue weighted by atomic mass is 35.5. The molecule has 0 unspecified atom stereocenters. The van der Waals surface area contributed by atoms with Crippen LogP contribution in [-0.2, 0) is 0 Å². The van der Waals surface area contributed by atoms with Gasteiger partial charge in [-0.05, 0) is 31.2 Å². The van der Waals surface area contributed by atoms with E-state index >= 15 is 0 Å². The lowest BCUT2D eigenvalue weighted by atomic mass is 10.1. The maximum absolute atomic E-state index is 6.10. The Kier molecular flexibility index (Phi) is 3.44. The van der Waals surface area contributed by atoms with Crippen LogP contribution in [0.5, 0.6) is 5.75 Å². The van der Waals surface area contributed by atoms with Crippen LogP contribution in [0.2, 0.25) is 5.02 Å². The van der Waals surface area contributed by atoms with Gasteiger partial charge in [0.05, 0.1) is 17.3 Å². The van der Waals surface area contributed by atoms with Crippen LogP contribution in [0.15, 0.2) is 30.5 Å². The molecular weight excluding hydrogens is 238 g/mol. The van der Waals surface area contributed by atoms with Gasteiger partial charge in [-0.3, -0.25) is 0 Å². The number of nitrogen functional groups attached to an aromatic ring is 1. The van der Waals surface area contributed by atoms with E-state index in [-0.39, 0.29) is 5.95 Å². The minimum absolute atomic E-state index is 0.243. The molecule has 2 aromatic rings. The summed E-state index contributed by atoms with van der Waals surface area (Å²) in [7, 11) is 0. The van der Waals surface area contributed by atoms with Gasteiger partial charge in [0.2, 0.25) is 5.95 Å². The Morgan fingerprint density at radius 2 is 2.18 bits per heavy atom. The Morgan fingerprint density at radius 1 is 1.35 bits per heavy atom. The number of benzene rings is 1. The average Bonchev–Trinajstić information content (AvgIpc) is 2.32. The van der Waals surface area contributed by atoms with Crippen molar-refractivity contribution >= 4 is 17.5 Å². The highest BCUT2D eigenvalue weighted by Crippen LogP contribution is 2.29. The Morgan fingerprint density at radius 3 is 2.82 bits per heavy atom. The predicted molar refractivity (Wildman–Crippen MR) is 68.1 cm³/mol. The summed E-state index contributed by atoms with van der Waals surface area (Å²) >= 11 is 6.10. The summed E-state index contributed by atoms with van der Waals surface area (Å²) < 4.78 is 5.36. The molecule has 0 atom stereocenters. The van der Waals surface area contributed by atoms with Crippen molar-refractivity contribution in [2.24, 2.45) is 0 Å². The van der Waals surface area contributed by atoms with E-state index in [4.69, 9.17) is 22.1 Å². The van der Waals surface area contributed by atoms with Crippen molar-refractivity contribution < 1.29 is 4.74 Å². The molecule has 0 saturated carbocycles. The molecule has 1 heterocycles. The number of nitrogens with two attached hydrogens (primary N) is 1. The number of rotatable bonds is 3. The summed E-state index contributed by atoms with van der Waals surface area (Å²) in [4.78, 5) is 7.97. The zero-order valence-electron chi connectivity index (χ0n) is 9.35. The van der Waals surface area contributed by atoms with E-state index < -0.39 is 0 Å². The number of aromatic nitrogens is 2. The van der Waals surface area contributed by atoms with Crippen LogP contribution in [0.3, 0.4) is 0 Å². The number of hydrogen-bond acceptors (Lipinski definition) is 4. The van der Waals surface area contributed by atoms with Crippen LogP contribution in [-0.4, -0.2) is 16.6 Å². The number of nitrogens with zero attached hydrogens (tertiary/aromatic N) is 2. The number of halogens is 1. The lowest BCUT2D eigenvalue weighted by Crippen LogP contribution is -1.96. The van der Waals surface area contributed by atoms with E-state index in [1.165, 1.54) is 0 Å². The maximum Gasteiger partial charge on any atom is 0.220 e. The monoisotopic (exact) mass is 249 g/mol. The standard InChI is InChI=1S/C12H12ClN3O/c1-2-17-11-4-3-8(7-9(11)13)10-5-6-15-12(14)16-10/h3-7H,2H2,1H3,(H2,14,15,16). The van der Waals surface area contributed by atoms with Crippen LogP contribution in [0.4, 0.5) is 5.95 Å². The Labute approximate surface area is 104 Å². The molecule has 1 aromatic carbocycles. The van der Waals surface area contributed by atoms with Crippen LogP contribution >= 0.6 is 11.6 Å². The average molecular weight is 250 g/mol. The van der Waals surface area contributed by atoms with Crippen molar-refractivity contribution in [2.75, 3.05) is 12.3 Å². The molecule has 17 heavy (non-hydrogen) atoms. The highest BCUT2D eigenvalue weighted by molar-refractivity contribution is 6.32. The molecular formula is C12H12ClN3O. The van der Waals surface area contributed by atoms with Crippen molar-refractivity contribution in [3.63, 3.8) is 0 Å². The van der Waals surface area contributed by atoms with Gasteiger partial charge in [-0.15, -0.1) is 0 Å². The van der Waals surface area contributed by atoms with Crippen molar-refractivity contribution in [3.05, 3.63) is 35.5 Å². The van der Waals surface area contributed by atoms with Gasteiger partial charge in [-0.1, -0.05) is 11.6 Å². The van der Waals surface area contributed by atoms with Crippen molar-refractivity contribution in [1.82, 2.24) is 9.97 Å². The molecule has 0 aliphatic heterocycles. The van der Waals surface area contributed by atoms with Crippen molar-refractivity contribution in [3.8, 4) is 17.0 Å². The molecule has 0 radical (unpaired) electrons. The molecule has 0 amide bonds. The van der Waals surface area contributed by atoms with Gasteiger partial charge in [0, 0.05) is 11.8 Å².